The lowest BCUT2D eigenvalue weighted by molar-refractivity contribution is -0.122. The Morgan fingerprint density at radius 2 is 1.96 bits per heavy atom. The van der Waals surface area contributed by atoms with Crippen LogP contribution in [0.15, 0.2) is 24.3 Å². The zero-order valence-corrected chi connectivity index (χ0v) is 15.3. The van der Waals surface area contributed by atoms with E-state index in [4.69, 9.17) is 4.74 Å². The van der Waals surface area contributed by atoms with Crippen LogP contribution in [0.1, 0.15) is 6.42 Å². The third-order valence-electron chi connectivity index (χ3n) is 4.76. The van der Waals surface area contributed by atoms with Crippen molar-refractivity contribution in [2.75, 3.05) is 56.2 Å². The Morgan fingerprint density at radius 1 is 1.24 bits per heavy atom. The van der Waals surface area contributed by atoms with E-state index in [9.17, 15) is 13.2 Å². The van der Waals surface area contributed by atoms with Crippen LogP contribution in [0.4, 0.5) is 5.69 Å². The van der Waals surface area contributed by atoms with Crippen LogP contribution in [-0.4, -0.2) is 76.6 Å². The van der Waals surface area contributed by atoms with Gasteiger partial charge in [0, 0.05) is 32.2 Å². The highest BCUT2D eigenvalue weighted by atomic mass is 32.2. The molecule has 0 bridgehead atoms. The van der Waals surface area contributed by atoms with Crippen LogP contribution in [0.5, 0.6) is 5.75 Å². The normalized spacial score (nSPS) is 23.4. The molecule has 2 aliphatic heterocycles. The number of benzene rings is 1. The van der Waals surface area contributed by atoms with Crippen LogP contribution < -0.4 is 15.0 Å². The zero-order valence-electron chi connectivity index (χ0n) is 14.5. The number of rotatable bonds is 5. The standard InChI is InChI=1S/C17H25N3O4S/c1-24-16-5-3-2-4-15(16)20-9-7-19(8-10-20)12-17(21)18-14-6-11-25(22,23)13-14/h2-5,14H,6-13H2,1H3,(H,18,21)/t14-/m1/s1. The second-order valence-electron chi connectivity index (χ2n) is 6.60. The van der Waals surface area contributed by atoms with Crippen molar-refractivity contribution in [1.82, 2.24) is 10.2 Å². The van der Waals surface area contributed by atoms with E-state index in [1.54, 1.807) is 7.11 Å². The minimum atomic E-state index is -2.97. The molecular weight excluding hydrogens is 342 g/mol. The molecule has 0 radical (unpaired) electrons. The van der Waals surface area contributed by atoms with Gasteiger partial charge in [-0.1, -0.05) is 12.1 Å². The van der Waals surface area contributed by atoms with Crippen molar-refractivity contribution >= 4 is 21.4 Å². The molecule has 0 saturated carbocycles. The maximum Gasteiger partial charge on any atom is 0.234 e. The lowest BCUT2D eigenvalue weighted by Crippen LogP contribution is -2.50. The molecule has 25 heavy (non-hydrogen) atoms. The Bertz CT molecular complexity index is 714. The monoisotopic (exact) mass is 367 g/mol. The predicted octanol–water partition coefficient (Wildman–Crippen LogP) is 0.121. The second kappa shape index (κ2) is 7.61. The lowest BCUT2D eigenvalue weighted by atomic mass is 10.2. The summed E-state index contributed by atoms with van der Waals surface area (Å²) in [7, 11) is -1.30. The van der Waals surface area contributed by atoms with Crippen molar-refractivity contribution in [1.29, 1.82) is 0 Å². The van der Waals surface area contributed by atoms with Gasteiger partial charge in [0.15, 0.2) is 9.84 Å². The van der Waals surface area contributed by atoms with Crippen LogP contribution in [0, 0.1) is 0 Å². The number of sulfone groups is 1. The molecule has 0 spiro atoms. The molecule has 8 heteroatoms. The average molecular weight is 367 g/mol. The molecule has 1 N–H and O–H groups in total. The first-order valence-corrected chi connectivity index (χ1v) is 10.4. The predicted molar refractivity (Wildman–Crippen MR) is 96.8 cm³/mol. The molecule has 2 aliphatic rings. The largest absolute Gasteiger partial charge is 0.495 e. The molecule has 2 heterocycles. The van der Waals surface area contributed by atoms with Gasteiger partial charge in [0.05, 0.1) is 30.8 Å². The number of hydrogen-bond donors (Lipinski definition) is 1. The van der Waals surface area contributed by atoms with E-state index in [0.717, 1.165) is 37.6 Å². The van der Waals surface area contributed by atoms with Crippen LogP contribution >= 0.6 is 0 Å². The van der Waals surface area contributed by atoms with E-state index < -0.39 is 9.84 Å². The summed E-state index contributed by atoms with van der Waals surface area (Å²) >= 11 is 0. The Balaban J connectivity index is 1.47. The number of anilines is 1. The summed E-state index contributed by atoms with van der Waals surface area (Å²) in [6, 6.07) is 7.71. The highest BCUT2D eigenvalue weighted by Gasteiger charge is 2.29. The van der Waals surface area contributed by atoms with E-state index in [1.807, 2.05) is 24.3 Å². The molecule has 3 rings (SSSR count). The number of carbonyl (C=O) groups is 1. The smallest absolute Gasteiger partial charge is 0.234 e. The van der Waals surface area contributed by atoms with Gasteiger partial charge in [-0.3, -0.25) is 9.69 Å². The third kappa shape index (κ3) is 4.64. The summed E-state index contributed by atoms with van der Waals surface area (Å²) in [6.07, 6.45) is 0.523. The van der Waals surface area contributed by atoms with Crippen LogP contribution in [0.25, 0.3) is 0 Å². The number of amides is 1. The van der Waals surface area contributed by atoms with E-state index in [-0.39, 0.29) is 23.5 Å². The molecule has 7 nitrogen and oxygen atoms in total. The fraction of sp³-hybridized carbons (Fsp3) is 0.588. The molecule has 2 saturated heterocycles. The van der Waals surface area contributed by atoms with Gasteiger partial charge in [-0.25, -0.2) is 8.42 Å². The molecular formula is C17H25N3O4S. The molecule has 0 aliphatic carbocycles. The Kier molecular flexibility index (Phi) is 5.48. The van der Waals surface area contributed by atoms with Crippen molar-refractivity contribution in [3.8, 4) is 5.75 Å². The van der Waals surface area contributed by atoms with E-state index in [2.05, 4.69) is 15.1 Å². The summed E-state index contributed by atoms with van der Waals surface area (Å²) in [5.41, 5.74) is 1.07. The Hall–Kier alpha value is -1.80. The minimum Gasteiger partial charge on any atom is -0.495 e. The average Bonchev–Trinajstić information content (AvgIpc) is 2.94. The first-order valence-electron chi connectivity index (χ1n) is 8.57. The van der Waals surface area contributed by atoms with Crippen molar-refractivity contribution in [3.05, 3.63) is 24.3 Å². The first-order chi connectivity index (χ1) is 12.0. The number of methoxy groups -OCH3 is 1. The maximum atomic E-state index is 12.1. The first kappa shape index (κ1) is 18.0. The maximum absolute atomic E-state index is 12.1. The topological polar surface area (TPSA) is 79.0 Å². The van der Waals surface area contributed by atoms with Gasteiger partial charge in [-0.15, -0.1) is 0 Å². The fourth-order valence-electron chi connectivity index (χ4n) is 3.42. The molecule has 138 valence electrons. The number of ether oxygens (including phenoxy) is 1. The molecule has 1 amide bonds. The highest BCUT2D eigenvalue weighted by molar-refractivity contribution is 7.91. The summed E-state index contributed by atoms with van der Waals surface area (Å²) in [4.78, 5) is 16.5. The number of nitrogens with zero attached hydrogens (tertiary/aromatic N) is 2. The lowest BCUT2D eigenvalue weighted by Gasteiger charge is -2.36. The molecule has 1 aromatic carbocycles. The van der Waals surface area contributed by atoms with Gasteiger partial charge < -0.3 is 15.0 Å². The number of piperazine rings is 1. The van der Waals surface area contributed by atoms with E-state index >= 15 is 0 Å². The Labute approximate surface area is 148 Å². The molecule has 0 unspecified atom stereocenters. The molecule has 1 atom stereocenters. The molecule has 2 fully saturated rings. The number of carbonyl (C=O) groups excluding carboxylic acids is 1. The van der Waals surface area contributed by atoms with Crippen molar-refractivity contribution in [2.45, 2.75) is 12.5 Å². The SMILES string of the molecule is COc1ccccc1N1CCN(CC(=O)N[C@@H]2CCS(=O)(=O)C2)CC1. The Morgan fingerprint density at radius 3 is 2.60 bits per heavy atom. The summed E-state index contributed by atoms with van der Waals surface area (Å²) in [6.45, 7) is 3.54. The zero-order chi connectivity index (χ0) is 17.9. The van der Waals surface area contributed by atoms with Gasteiger partial charge in [0.1, 0.15) is 5.75 Å². The second-order valence-corrected chi connectivity index (χ2v) is 8.83. The van der Waals surface area contributed by atoms with Gasteiger partial charge in [-0.05, 0) is 18.6 Å². The number of para-hydroxylation sites is 2. The quantitative estimate of drug-likeness (QED) is 0.796. The van der Waals surface area contributed by atoms with Crippen molar-refractivity contribution in [3.63, 3.8) is 0 Å². The summed E-state index contributed by atoms with van der Waals surface area (Å²) in [5, 5.41) is 2.85. The molecule has 0 aromatic heterocycles. The van der Waals surface area contributed by atoms with Crippen molar-refractivity contribution in [2.24, 2.45) is 0 Å². The van der Waals surface area contributed by atoms with Crippen molar-refractivity contribution < 1.29 is 17.9 Å². The number of nitrogens with one attached hydrogen (secondary N) is 1. The van der Waals surface area contributed by atoms with Gasteiger partial charge >= 0.3 is 0 Å². The fourth-order valence-corrected chi connectivity index (χ4v) is 5.10. The molecule has 1 aromatic rings. The number of hydrogen-bond acceptors (Lipinski definition) is 6. The summed E-state index contributed by atoms with van der Waals surface area (Å²) in [5.74, 6) is 1.01. The summed E-state index contributed by atoms with van der Waals surface area (Å²) < 4.78 is 28.3. The van der Waals surface area contributed by atoms with Crippen LogP contribution in [-0.2, 0) is 14.6 Å². The van der Waals surface area contributed by atoms with Crippen LogP contribution in [0.3, 0.4) is 0 Å². The van der Waals surface area contributed by atoms with E-state index in [0.29, 0.717) is 13.0 Å². The van der Waals surface area contributed by atoms with Gasteiger partial charge in [0.2, 0.25) is 5.91 Å². The van der Waals surface area contributed by atoms with Gasteiger partial charge in [0.25, 0.3) is 0 Å². The van der Waals surface area contributed by atoms with Crippen LogP contribution in [0.2, 0.25) is 0 Å². The highest BCUT2D eigenvalue weighted by Crippen LogP contribution is 2.28. The van der Waals surface area contributed by atoms with E-state index in [1.165, 1.54) is 0 Å². The van der Waals surface area contributed by atoms with Gasteiger partial charge in [-0.2, -0.15) is 0 Å². The minimum absolute atomic E-state index is 0.0698. The third-order valence-corrected chi connectivity index (χ3v) is 6.53.